The van der Waals surface area contributed by atoms with Crippen molar-refractivity contribution in [1.82, 2.24) is 10.6 Å². The zero-order valence-corrected chi connectivity index (χ0v) is 30.8. The average molecular weight is 657 g/mol. The topological polar surface area (TPSA) is 76.7 Å². The van der Waals surface area contributed by atoms with Crippen LogP contribution >= 0.6 is 0 Å². The number of piperidine rings is 2. The Hall–Kier alpha value is -3.22. The van der Waals surface area contributed by atoms with Crippen molar-refractivity contribution in [2.24, 2.45) is 0 Å². The maximum absolute atomic E-state index is 13.0. The highest BCUT2D eigenvalue weighted by atomic mass is 16.5. The van der Waals surface area contributed by atoms with Crippen molar-refractivity contribution in [1.29, 1.82) is 0 Å². The molecule has 2 N–H and O–H groups in total. The fourth-order valence-electron chi connectivity index (χ4n) is 7.79. The molecule has 2 aromatic rings. The highest BCUT2D eigenvalue weighted by molar-refractivity contribution is 5.71. The van der Waals surface area contributed by atoms with E-state index >= 15 is 0 Å². The Labute approximate surface area is 290 Å². The summed E-state index contributed by atoms with van der Waals surface area (Å²) >= 11 is 0. The zero-order chi connectivity index (χ0) is 35.0. The summed E-state index contributed by atoms with van der Waals surface area (Å²) in [6, 6.07) is 20.5. The Kier molecular flexibility index (Phi) is 12.5. The number of hydrogen-bond acceptors (Lipinski definition) is 6. The molecule has 2 atom stereocenters. The second-order valence-corrected chi connectivity index (χ2v) is 16.3. The number of esters is 2. The molecule has 0 radical (unpaired) electrons. The van der Waals surface area contributed by atoms with E-state index < -0.39 is 0 Å². The molecule has 2 unspecified atom stereocenters. The van der Waals surface area contributed by atoms with Gasteiger partial charge < -0.3 is 20.1 Å². The molecule has 2 aliphatic heterocycles. The predicted octanol–water partition coefficient (Wildman–Crippen LogP) is 9.20. The van der Waals surface area contributed by atoms with Gasteiger partial charge in [0.25, 0.3) is 0 Å². The first-order valence-electron chi connectivity index (χ1n) is 18.1. The van der Waals surface area contributed by atoms with Crippen LogP contribution in [0.4, 0.5) is 0 Å². The van der Waals surface area contributed by atoms with Crippen molar-refractivity contribution in [3.63, 3.8) is 0 Å². The van der Waals surface area contributed by atoms with Crippen LogP contribution in [-0.4, -0.2) is 46.3 Å². The van der Waals surface area contributed by atoms with Crippen LogP contribution in [0.5, 0.6) is 0 Å². The van der Waals surface area contributed by atoms with E-state index in [4.69, 9.17) is 9.47 Å². The Morgan fingerprint density at radius 3 is 1.27 bits per heavy atom. The summed E-state index contributed by atoms with van der Waals surface area (Å²) in [5.74, 6) is -0.250. The number of hydrogen-bond donors (Lipinski definition) is 2. The molecule has 48 heavy (non-hydrogen) atoms. The molecule has 0 amide bonds. The van der Waals surface area contributed by atoms with Crippen LogP contribution in [0, 0.1) is 0 Å². The molecular weight excluding hydrogens is 596 g/mol. The summed E-state index contributed by atoms with van der Waals surface area (Å²) in [6.45, 7) is 17.3. The lowest BCUT2D eigenvalue weighted by molar-refractivity contribution is -0.150. The van der Waals surface area contributed by atoms with Crippen molar-refractivity contribution >= 4 is 24.1 Å². The molecule has 4 rings (SSSR count). The van der Waals surface area contributed by atoms with Crippen LogP contribution in [-0.2, 0) is 19.1 Å². The fourth-order valence-corrected chi connectivity index (χ4v) is 7.79. The van der Waals surface area contributed by atoms with E-state index in [1.54, 1.807) is 0 Å². The largest absolute Gasteiger partial charge is 0.458 e. The molecule has 2 aromatic carbocycles. The number of carbonyl (C=O) groups is 2. The van der Waals surface area contributed by atoms with Gasteiger partial charge in [0.15, 0.2) is 0 Å². The van der Waals surface area contributed by atoms with E-state index in [2.05, 4.69) is 102 Å². The Morgan fingerprint density at radius 1 is 0.583 bits per heavy atom. The molecule has 0 aromatic heterocycles. The van der Waals surface area contributed by atoms with Gasteiger partial charge in [0.1, 0.15) is 12.2 Å². The van der Waals surface area contributed by atoms with Crippen molar-refractivity contribution < 1.29 is 19.1 Å². The summed E-state index contributed by atoms with van der Waals surface area (Å²) in [4.78, 5) is 26.0. The smallest absolute Gasteiger partial charge is 0.306 e. The third-order valence-electron chi connectivity index (χ3n) is 9.63. The van der Waals surface area contributed by atoms with E-state index in [1.165, 1.54) is 0 Å². The third kappa shape index (κ3) is 11.2. The number of nitrogens with one attached hydrogen (secondary N) is 2. The average Bonchev–Trinajstić information content (AvgIpc) is 2.97. The molecule has 6 heteroatoms. The monoisotopic (exact) mass is 656 g/mol. The number of carbonyl (C=O) groups excluding carboxylic acids is 2. The molecule has 0 aliphatic carbocycles. The molecule has 6 nitrogen and oxygen atoms in total. The van der Waals surface area contributed by atoms with Crippen molar-refractivity contribution in [3.8, 4) is 0 Å². The molecule has 0 saturated carbocycles. The minimum Gasteiger partial charge on any atom is -0.458 e. The van der Waals surface area contributed by atoms with E-state index in [1.807, 2.05) is 36.4 Å². The number of benzene rings is 2. The molecule has 2 fully saturated rings. The highest BCUT2D eigenvalue weighted by Crippen LogP contribution is 2.38. The standard InChI is InChI=1S/C42H60N2O4/c1-39(2)29-35(33(41(5,6)43-39)27-31-21-15-13-16-22-31)47-37(45)25-19-11-9-10-12-20-26-38(46)48-36-30-40(3,4)44-42(7,8)34(36)28-32-23-17-14-18-24-32/h13-18,21-24,27-28,35-36,43-44H,9-12,19-20,25-26,29-30H2,1-8H3/b33-27-,34-28-. The molecule has 2 saturated heterocycles. The van der Waals surface area contributed by atoms with Crippen molar-refractivity contribution in [3.05, 3.63) is 82.9 Å². The van der Waals surface area contributed by atoms with E-state index in [9.17, 15) is 9.59 Å². The van der Waals surface area contributed by atoms with Crippen LogP contribution in [0.3, 0.4) is 0 Å². The van der Waals surface area contributed by atoms with E-state index in [0.717, 1.165) is 73.6 Å². The van der Waals surface area contributed by atoms with Crippen LogP contribution in [0.2, 0.25) is 0 Å². The first kappa shape index (κ1) is 37.6. The van der Waals surface area contributed by atoms with Gasteiger partial charge in [-0.05, 0) is 90.5 Å². The lowest BCUT2D eigenvalue weighted by atomic mass is 9.76. The SMILES string of the molecule is CC1(C)CC(OC(=O)CCCCCCCCC(=O)OC2CC(C)(C)NC(C)(C)/C2=C\c2ccccc2)/C(=C/c2ccccc2)C(C)(C)N1. The van der Waals surface area contributed by atoms with Gasteiger partial charge in [0, 0.05) is 47.8 Å². The van der Waals surface area contributed by atoms with Crippen molar-refractivity contribution in [2.45, 2.75) is 154 Å². The van der Waals surface area contributed by atoms with E-state index in [0.29, 0.717) is 12.8 Å². The molecule has 0 bridgehead atoms. The van der Waals surface area contributed by atoms with Crippen LogP contribution < -0.4 is 10.6 Å². The van der Waals surface area contributed by atoms with Gasteiger partial charge in [-0.15, -0.1) is 0 Å². The number of unbranched alkanes of at least 4 members (excludes halogenated alkanes) is 5. The summed E-state index contributed by atoms with van der Waals surface area (Å²) in [5.41, 5.74) is 3.56. The summed E-state index contributed by atoms with van der Waals surface area (Å²) in [6.07, 6.45) is 11.8. The van der Waals surface area contributed by atoms with E-state index in [-0.39, 0.29) is 46.3 Å². The van der Waals surface area contributed by atoms with Crippen LogP contribution in [0.25, 0.3) is 12.2 Å². The van der Waals surface area contributed by atoms with Gasteiger partial charge in [-0.25, -0.2) is 0 Å². The fraction of sp³-hybridized carbons (Fsp3) is 0.571. The quantitative estimate of drug-likeness (QED) is 0.165. The number of ether oxygens (including phenoxy) is 2. The van der Waals surface area contributed by atoms with Gasteiger partial charge in [0.05, 0.1) is 0 Å². The van der Waals surface area contributed by atoms with Gasteiger partial charge >= 0.3 is 11.9 Å². The third-order valence-corrected chi connectivity index (χ3v) is 9.63. The maximum Gasteiger partial charge on any atom is 0.306 e. The summed E-state index contributed by atoms with van der Waals surface area (Å²) in [5, 5.41) is 7.47. The first-order chi connectivity index (χ1) is 22.6. The summed E-state index contributed by atoms with van der Waals surface area (Å²) in [7, 11) is 0. The van der Waals surface area contributed by atoms with Gasteiger partial charge in [-0.2, -0.15) is 0 Å². The van der Waals surface area contributed by atoms with Crippen LogP contribution in [0.15, 0.2) is 71.8 Å². The second kappa shape index (κ2) is 16.0. The zero-order valence-electron chi connectivity index (χ0n) is 30.8. The van der Waals surface area contributed by atoms with Gasteiger partial charge in [0.2, 0.25) is 0 Å². The minimum absolute atomic E-state index is 0.125. The lowest BCUT2D eigenvalue weighted by Crippen LogP contribution is -2.61. The Bertz CT molecular complexity index is 1310. The normalized spacial score (nSPS) is 24.2. The molecule has 2 aliphatic rings. The summed E-state index contributed by atoms with van der Waals surface area (Å²) < 4.78 is 12.3. The maximum atomic E-state index is 13.0. The molecule has 2 heterocycles. The minimum atomic E-state index is -0.295. The molecule has 0 spiro atoms. The highest BCUT2D eigenvalue weighted by Gasteiger charge is 2.44. The van der Waals surface area contributed by atoms with Gasteiger partial charge in [-0.3, -0.25) is 9.59 Å². The Morgan fingerprint density at radius 2 is 0.917 bits per heavy atom. The Balaban J connectivity index is 1.18. The first-order valence-corrected chi connectivity index (χ1v) is 18.1. The van der Waals surface area contributed by atoms with Crippen LogP contribution in [0.1, 0.15) is 131 Å². The van der Waals surface area contributed by atoms with Crippen molar-refractivity contribution in [2.75, 3.05) is 0 Å². The molecular formula is C42H60N2O4. The second-order valence-electron chi connectivity index (χ2n) is 16.3. The predicted molar refractivity (Wildman–Crippen MR) is 197 cm³/mol. The lowest BCUT2D eigenvalue weighted by Gasteiger charge is -2.48. The van der Waals surface area contributed by atoms with Gasteiger partial charge in [-0.1, -0.05) is 98.5 Å². The number of rotatable bonds is 13. The molecule has 262 valence electrons.